The summed E-state index contributed by atoms with van der Waals surface area (Å²) in [5, 5.41) is 14.0. The van der Waals surface area contributed by atoms with E-state index < -0.39 is 0 Å². The van der Waals surface area contributed by atoms with Gasteiger partial charge in [-0.3, -0.25) is 9.97 Å². The van der Waals surface area contributed by atoms with Gasteiger partial charge in [-0.15, -0.1) is 0 Å². The topological polar surface area (TPSA) is 58.0 Å². The summed E-state index contributed by atoms with van der Waals surface area (Å²) < 4.78 is 0. The third-order valence-electron chi connectivity index (χ3n) is 5.59. The van der Waals surface area contributed by atoms with Crippen molar-refractivity contribution in [3.63, 3.8) is 0 Å². The molecule has 154 valence electrons. The molecule has 2 atom stereocenters. The number of hydrogen-bond acceptors (Lipinski definition) is 4. The molecule has 0 spiro atoms. The van der Waals surface area contributed by atoms with E-state index in [0.717, 1.165) is 39.2 Å². The van der Waals surface area contributed by atoms with Crippen LogP contribution in [0.25, 0.3) is 22.5 Å². The highest BCUT2D eigenvalue weighted by Gasteiger charge is 2.34. The minimum Gasteiger partial charge on any atom is -0.392 e. The van der Waals surface area contributed by atoms with Gasteiger partial charge >= 0.3 is 0 Å². The van der Waals surface area contributed by atoms with Crippen molar-refractivity contribution in [3.05, 3.63) is 101 Å². The number of aliphatic hydroxyl groups is 1. The molecule has 0 saturated heterocycles. The maximum Gasteiger partial charge on any atom is 0.112 e. The van der Waals surface area contributed by atoms with Gasteiger partial charge < -0.3 is 10.4 Å². The van der Waals surface area contributed by atoms with Crippen LogP contribution in [0, 0.1) is 0 Å². The lowest BCUT2D eigenvalue weighted by atomic mass is 9.90. The lowest BCUT2D eigenvalue weighted by molar-refractivity contribution is 0.282. The summed E-state index contributed by atoms with van der Waals surface area (Å²) in [4.78, 5) is 9.03. The Morgan fingerprint density at radius 3 is 2.48 bits per heavy atom. The van der Waals surface area contributed by atoms with Crippen molar-refractivity contribution in [3.8, 4) is 22.5 Å². The standard InChI is InChI=1S/C25H19Cl2N3O/c26-18-12-17(13-20-23(18)22(25(27)30-20)15-6-2-1-3-7-15)21-16(14-31)9-11-29-24(21)19-8-4-5-10-28-19/h1-13,22,25,30-31H,14H2. The molecule has 2 N–H and O–H groups in total. The van der Waals surface area contributed by atoms with E-state index >= 15 is 0 Å². The predicted octanol–water partition coefficient (Wildman–Crippen LogP) is 6.08. The van der Waals surface area contributed by atoms with E-state index in [1.807, 2.05) is 54.6 Å². The normalized spacial score (nSPS) is 17.3. The second kappa shape index (κ2) is 8.31. The third kappa shape index (κ3) is 3.57. The Labute approximate surface area is 190 Å². The maximum atomic E-state index is 10.0. The summed E-state index contributed by atoms with van der Waals surface area (Å²) in [5.74, 6) is -0.0547. The lowest BCUT2D eigenvalue weighted by Crippen LogP contribution is -2.14. The summed E-state index contributed by atoms with van der Waals surface area (Å²) in [7, 11) is 0. The fourth-order valence-corrected chi connectivity index (χ4v) is 4.95. The highest BCUT2D eigenvalue weighted by molar-refractivity contribution is 6.33. The number of pyridine rings is 2. The van der Waals surface area contributed by atoms with Crippen LogP contribution in [0.1, 0.15) is 22.6 Å². The summed E-state index contributed by atoms with van der Waals surface area (Å²) in [6.07, 6.45) is 3.42. The van der Waals surface area contributed by atoms with Crippen molar-refractivity contribution in [2.24, 2.45) is 0 Å². The molecule has 0 radical (unpaired) electrons. The van der Waals surface area contributed by atoms with Gasteiger partial charge in [-0.1, -0.05) is 59.6 Å². The number of rotatable bonds is 4. The number of fused-ring (bicyclic) bond motifs is 1. The van der Waals surface area contributed by atoms with Gasteiger partial charge in [-0.05, 0) is 47.0 Å². The number of anilines is 1. The molecule has 0 saturated carbocycles. The zero-order chi connectivity index (χ0) is 21.4. The Morgan fingerprint density at radius 1 is 0.935 bits per heavy atom. The van der Waals surface area contributed by atoms with E-state index in [1.165, 1.54) is 0 Å². The molecule has 0 fully saturated rings. The van der Waals surface area contributed by atoms with Crippen LogP contribution in [-0.4, -0.2) is 20.6 Å². The Balaban J connectivity index is 1.68. The fourth-order valence-electron chi connectivity index (χ4n) is 4.22. The maximum absolute atomic E-state index is 10.0. The van der Waals surface area contributed by atoms with E-state index in [1.54, 1.807) is 12.4 Å². The molecule has 2 unspecified atom stereocenters. The van der Waals surface area contributed by atoms with E-state index in [0.29, 0.717) is 10.7 Å². The van der Waals surface area contributed by atoms with Crippen molar-refractivity contribution in [2.45, 2.75) is 18.0 Å². The third-order valence-corrected chi connectivity index (χ3v) is 6.26. The average molecular weight is 448 g/mol. The quantitative estimate of drug-likeness (QED) is 0.294. The summed E-state index contributed by atoms with van der Waals surface area (Å²) in [6, 6.07) is 21.6. The van der Waals surface area contributed by atoms with Gasteiger partial charge in [0.15, 0.2) is 0 Å². The Kier molecular flexibility index (Phi) is 5.36. The van der Waals surface area contributed by atoms with Crippen LogP contribution in [0.3, 0.4) is 0 Å². The van der Waals surface area contributed by atoms with Crippen LogP contribution < -0.4 is 5.32 Å². The summed E-state index contributed by atoms with van der Waals surface area (Å²) >= 11 is 13.5. The number of nitrogens with zero attached hydrogens (tertiary/aromatic N) is 2. The van der Waals surface area contributed by atoms with Crippen LogP contribution in [-0.2, 0) is 6.61 Å². The zero-order valence-electron chi connectivity index (χ0n) is 16.5. The second-order valence-electron chi connectivity index (χ2n) is 7.42. The van der Waals surface area contributed by atoms with Gasteiger partial charge in [0, 0.05) is 40.1 Å². The van der Waals surface area contributed by atoms with Gasteiger partial charge in [0.25, 0.3) is 0 Å². The second-order valence-corrected chi connectivity index (χ2v) is 8.30. The smallest absolute Gasteiger partial charge is 0.112 e. The Bertz CT molecular complexity index is 1230. The largest absolute Gasteiger partial charge is 0.392 e. The SMILES string of the molecule is OCc1ccnc(-c2ccccn2)c1-c1cc(Cl)c2c(c1)NC(Cl)C2c1ccccc1. The van der Waals surface area contributed by atoms with Crippen molar-refractivity contribution in [1.29, 1.82) is 0 Å². The number of benzene rings is 2. The summed E-state index contributed by atoms with van der Waals surface area (Å²) in [5.41, 5.74) is 6.50. The van der Waals surface area contributed by atoms with E-state index in [4.69, 9.17) is 23.2 Å². The molecular weight excluding hydrogens is 429 g/mol. The first-order chi connectivity index (χ1) is 15.2. The average Bonchev–Trinajstić information content (AvgIpc) is 3.16. The number of nitrogens with one attached hydrogen (secondary N) is 1. The monoisotopic (exact) mass is 447 g/mol. The van der Waals surface area contributed by atoms with Crippen LogP contribution in [0.2, 0.25) is 5.02 Å². The van der Waals surface area contributed by atoms with Gasteiger partial charge in [-0.2, -0.15) is 0 Å². The molecule has 1 aliphatic rings. The molecule has 0 amide bonds. The molecule has 2 aromatic heterocycles. The zero-order valence-corrected chi connectivity index (χ0v) is 18.0. The number of halogens is 2. The van der Waals surface area contributed by atoms with Crippen LogP contribution in [0.4, 0.5) is 5.69 Å². The number of alkyl halides is 1. The van der Waals surface area contributed by atoms with E-state index in [2.05, 4.69) is 27.4 Å². The molecule has 0 aliphatic carbocycles. The minimum atomic E-state index is -0.313. The van der Waals surface area contributed by atoms with Crippen LogP contribution >= 0.6 is 23.2 Å². The van der Waals surface area contributed by atoms with Crippen molar-refractivity contribution in [2.75, 3.05) is 5.32 Å². The van der Waals surface area contributed by atoms with Crippen LogP contribution in [0.5, 0.6) is 0 Å². The lowest BCUT2D eigenvalue weighted by Gasteiger charge is -2.17. The number of aliphatic hydroxyl groups excluding tert-OH is 1. The highest BCUT2D eigenvalue weighted by atomic mass is 35.5. The number of hydrogen-bond donors (Lipinski definition) is 2. The highest BCUT2D eigenvalue weighted by Crippen LogP contribution is 2.48. The molecule has 0 bridgehead atoms. The van der Waals surface area contributed by atoms with Crippen molar-refractivity contribution in [1.82, 2.24) is 9.97 Å². The summed E-state index contributed by atoms with van der Waals surface area (Å²) in [6.45, 7) is -0.120. The first-order valence-electron chi connectivity index (χ1n) is 9.97. The molecule has 1 aliphatic heterocycles. The van der Waals surface area contributed by atoms with Crippen LogP contribution in [0.15, 0.2) is 79.1 Å². The van der Waals surface area contributed by atoms with Gasteiger partial charge in [-0.25, -0.2) is 0 Å². The molecule has 2 aromatic carbocycles. The molecule has 4 aromatic rings. The minimum absolute atomic E-state index is 0.0547. The van der Waals surface area contributed by atoms with Gasteiger partial charge in [0.05, 0.1) is 18.0 Å². The molecular formula is C25H19Cl2N3O. The predicted molar refractivity (Wildman–Crippen MR) is 125 cm³/mol. The van der Waals surface area contributed by atoms with E-state index in [9.17, 15) is 5.11 Å². The molecule has 3 heterocycles. The van der Waals surface area contributed by atoms with Crippen molar-refractivity contribution >= 4 is 28.9 Å². The molecule has 31 heavy (non-hydrogen) atoms. The molecule has 6 heteroatoms. The Morgan fingerprint density at radius 2 is 1.74 bits per heavy atom. The van der Waals surface area contributed by atoms with E-state index in [-0.39, 0.29) is 18.0 Å². The number of aromatic nitrogens is 2. The molecule has 5 rings (SSSR count). The molecule has 4 nitrogen and oxygen atoms in total. The first kappa shape index (κ1) is 20.0. The Hall–Kier alpha value is -2.92. The van der Waals surface area contributed by atoms with Crippen molar-refractivity contribution < 1.29 is 5.11 Å². The van der Waals surface area contributed by atoms with Gasteiger partial charge in [0.2, 0.25) is 0 Å². The fraction of sp³-hybridized carbons (Fsp3) is 0.120. The first-order valence-corrected chi connectivity index (χ1v) is 10.8. The van der Waals surface area contributed by atoms with Gasteiger partial charge in [0.1, 0.15) is 5.50 Å².